The van der Waals surface area contributed by atoms with Crippen molar-refractivity contribution in [1.82, 2.24) is 29.3 Å². The van der Waals surface area contributed by atoms with Gasteiger partial charge in [0, 0.05) is 30.1 Å². The zero-order valence-corrected chi connectivity index (χ0v) is 20.8. The average molecular weight is 558 g/mol. The van der Waals surface area contributed by atoms with Crippen LogP contribution in [0.1, 0.15) is 12.2 Å². The van der Waals surface area contributed by atoms with Crippen molar-refractivity contribution < 1.29 is 31.4 Å². The highest BCUT2D eigenvalue weighted by Gasteiger charge is 2.31. The number of alkyl halides is 5. The van der Waals surface area contributed by atoms with Crippen LogP contribution in [0, 0.1) is 6.92 Å². The molecule has 0 aliphatic heterocycles. The van der Waals surface area contributed by atoms with Crippen LogP contribution in [0.15, 0.2) is 78.0 Å². The second-order valence-corrected chi connectivity index (χ2v) is 8.47. The van der Waals surface area contributed by atoms with Crippen molar-refractivity contribution in [2.24, 2.45) is 0 Å². The summed E-state index contributed by atoms with van der Waals surface area (Å²) in [5.74, 6) is -0.127. The zero-order chi connectivity index (χ0) is 28.6. The van der Waals surface area contributed by atoms with Gasteiger partial charge in [0.15, 0.2) is 5.69 Å². The lowest BCUT2D eigenvalue weighted by Crippen LogP contribution is -2.17. The molecule has 5 rings (SSSR count). The van der Waals surface area contributed by atoms with E-state index in [0.29, 0.717) is 32.9 Å². The molecule has 40 heavy (non-hydrogen) atoms. The highest BCUT2D eigenvalue weighted by atomic mass is 19.4. The Kier molecular flexibility index (Phi) is 6.83. The Balaban J connectivity index is 1.56. The van der Waals surface area contributed by atoms with Crippen molar-refractivity contribution in [3.8, 4) is 45.4 Å². The molecule has 2 aromatic carbocycles. The van der Waals surface area contributed by atoms with Crippen LogP contribution in [0.3, 0.4) is 0 Å². The predicted octanol–water partition coefficient (Wildman–Crippen LogP) is 5.56. The number of aromatic nitrogens is 6. The Morgan fingerprint density at radius 3 is 2.48 bits per heavy atom. The van der Waals surface area contributed by atoms with Gasteiger partial charge in [-0.15, -0.1) is 13.2 Å². The van der Waals surface area contributed by atoms with Crippen molar-refractivity contribution in [2.45, 2.75) is 19.8 Å². The van der Waals surface area contributed by atoms with Gasteiger partial charge in [0.25, 0.3) is 0 Å². The van der Waals surface area contributed by atoms with Crippen molar-refractivity contribution in [3.05, 3.63) is 89.1 Å². The van der Waals surface area contributed by atoms with Gasteiger partial charge in [-0.3, -0.25) is 4.79 Å². The minimum Gasteiger partial charge on any atom is -0.494 e. The third kappa shape index (κ3) is 5.41. The Hall–Kier alpha value is -5.01. The highest BCUT2D eigenvalue weighted by Crippen LogP contribution is 2.31. The molecular formula is C26H19F5N6O3. The van der Waals surface area contributed by atoms with E-state index in [0.717, 1.165) is 12.1 Å². The summed E-state index contributed by atoms with van der Waals surface area (Å²) in [5, 5.41) is 12.4. The summed E-state index contributed by atoms with van der Waals surface area (Å²) in [6.45, 7) is -1.12. The molecule has 0 saturated carbocycles. The standard InChI is InChI=1S/C26H19F5N6O3/c1-15-10-21(37(33-15)18-4-3-5-19(12-18)40-26(29,30)31)24-22(38)8-9-35(34-24)20-7-6-16(11-23(20)39-2)17-13-32-36(14-17)25(27)28/h3-14,25H,1-2H3. The lowest BCUT2D eigenvalue weighted by atomic mass is 10.1. The first-order valence-electron chi connectivity index (χ1n) is 11.6. The van der Waals surface area contributed by atoms with Gasteiger partial charge < -0.3 is 9.47 Å². The van der Waals surface area contributed by atoms with Crippen LogP contribution in [0.5, 0.6) is 11.5 Å². The summed E-state index contributed by atoms with van der Waals surface area (Å²) in [4.78, 5) is 12.9. The van der Waals surface area contributed by atoms with Crippen LogP contribution in [0.25, 0.3) is 33.9 Å². The SMILES string of the molecule is COc1cc(-c2cnn(C(F)F)c2)ccc1-n1ccc(=O)c(-c2cc(C)nn2-c2cccc(OC(F)(F)F)c2)n1. The molecule has 5 aromatic rings. The van der Waals surface area contributed by atoms with E-state index in [9.17, 15) is 26.7 Å². The van der Waals surface area contributed by atoms with Gasteiger partial charge in [-0.25, -0.2) is 14.0 Å². The van der Waals surface area contributed by atoms with Gasteiger partial charge in [0.1, 0.15) is 17.2 Å². The Labute approximate surface area is 222 Å². The van der Waals surface area contributed by atoms with Crippen LogP contribution < -0.4 is 14.9 Å². The predicted molar refractivity (Wildman–Crippen MR) is 133 cm³/mol. The summed E-state index contributed by atoms with van der Waals surface area (Å²) >= 11 is 0. The van der Waals surface area contributed by atoms with Gasteiger partial charge in [0.05, 0.1) is 30.4 Å². The van der Waals surface area contributed by atoms with Crippen LogP contribution >= 0.6 is 0 Å². The number of halogens is 5. The van der Waals surface area contributed by atoms with Gasteiger partial charge >= 0.3 is 12.9 Å². The highest BCUT2D eigenvalue weighted by molar-refractivity contribution is 5.67. The van der Waals surface area contributed by atoms with E-state index in [1.165, 1.54) is 53.3 Å². The molecule has 0 radical (unpaired) electrons. The smallest absolute Gasteiger partial charge is 0.494 e. The average Bonchev–Trinajstić information content (AvgIpc) is 3.55. The van der Waals surface area contributed by atoms with Crippen LogP contribution in [-0.2, 0) is 0 Å². The number of hydrogen-bond acceptors (Lipinski definition) is 6. The molecule has 9 nitrogen and oxygen atoms in total. The summed E-state index contributed by atoms with van der Waals surface area (Å²) < 4.78 is 76.9. The minimum absolute atomic E-state index is 0.0328. The molecule has 0 N–H and O–H groups in total. The maximum absolute atomic E-state index is 12.9. The lowest BCUT2D eigenvalue weighted by molar-refractivity contribution is -0.274. The van der Waals surface area contributed by atoms with E-state index >= 15 is 0 Å². The molecule has 0 spiro atoms. The molecule has 0 aliphatic rings. The minimum atomic E-state index is -4.88. The van der Waals surface area contributed by atoms with Crippen LogP contribution in [-0.4, -0.2) is 42.8 Å². The third-order valence-electron chi connectivity index (χ3n) is 5.74. The van der Waals surface area contributed by atoms with Crippen molar-refractivity contribution in [1.29, 1.82) is 0 Å². The Morgan fingerprint density at radius 1 is 0.975 bits per heavy atom. The van der Waals surface area contributed by atoms with E-state index in [-0.39, 0.29) is 17.1 Å². The largest absolute Gasteiger partial charge is 0.573 e. The van der Waals surface area contributed by atoms with Crippen molar-refractivity contribution in [2.75, 3.05) is 7.11 Å². The number of aryl methyl sites for hydroxylation is 1. The maximum Gasteiger partial charge on any atom is 0.573 e. The first-order chi connectivity index (χ1) is 19.0. The molecule has 0 amide bonds. The number of hydrogen-bond donors (Lipinski definition) is 0. The van der Waals surface area contributed by atoms with Crippen LogP contribution in [0.2, 0.25) is 0 Å². The number of ether oxygens (including phenoxy) is 2. The molecule has 3 heterocycles. The first-order valence-corrected chi connectivity index (χ1v) is 11.6. The molecule has 3 aromatic heterocycles. The van der Waals surface area contributed by atoms with E-state index < -0.39 is 24.1 Å². The van der Waals surface area contributed by atoms with E-state index in [2.05, 4.69) is 20.0 Å². The number of nitrogens with zero attached hydrogens (tertiary/aromatic N) is 6. The van der Waals surface area contributed by atoms with E-state index in [4.69, 9.17) is 4.74 Å². The second kappa shape index (κ2) is 10.3. The van der Waals surface area contributed by atoms with Crippen molar-refractivity contribution >= 4 is 0 Å². The normalized spacial score (nSPS) is 11.7. The number of methoxy groups -OCH3 is 1. The Morgan fingerprint density at radius 2 is 1.77 bits per heavy atom. The molecule has 0 atom stereocenters. The van der Waals surface area contributed by atoms with Crippen LogP contribution in [0.4, 0.5) is 22.0 Å². The first kappa shape index (κ1) is 26.6. The second-order valence-electron chi connectivity index (χ2n) is 8.47. The third-order valence-corrected chi connectivity index (χ3v) is 5.74. The quantitative estimate of drug-likeness (QED) is 0.243. The Bertz CT molecular complexity index is 1740. The zero-order valence-electron chi connectivity index (χ0n) is 20.8. The lowest BCUT2D eigenvalue weighted by Gasteiger charge is -2.14. The van der Waals surface area contributed by atoms with Crippen molar-refractivity contribution in [3.63, 3.8) is 0 Å². The summed E-state index contributed by atoms with van der Waals surface area (Å²) in [5.41, 5.74) is 1.86. The molecule has 14 heteroatoms. The molecule has 0 aliphatic carbocycles. The van der Waals surface area contributed by atoms with Gasteiger partial charge in [-0.1, -0.05) is 12.1 Å². The molecule has 0 fully saturated rings. The molecule has 0 unspecified atom stereocenters. The summed E-state index contributed by atoms with van der Waals surface area (Å²) in [6.07, 6.45) is -0.959. The summed E-state index contributed by atoms with van der Waals surface area (Å²) in [7, 11) is 1.42. The number of benzene rings is 2. The van der Waals surface area contributed by atoms with Gasteiger partial charge in [-0.2, -0.15) is 24.1 Å². The fourth-order valence-electron chi connectivity index (χ4n) is 4.04. The fourth-order valence-corrected chi connectivity index (χ4v) is 4.04. The van der Waals surface area contributed by atoms with E-state index in [1.807, 2.05) is 0 Å². The number of rotatable bonds is 7. The van der Waals surface area contributed by atoms with E-state index in [1.54, 1.807) is 31.2 Å². The summed E-state index contributed by atoms with van der Waals surface area (Å²) in [6, 6.07) is 12.9. The molecular weight excluding hydrogens is 539 g/mol. The van der Waals surface area contributed by atoms with Gasteiger partial charge in [0.2, 0.25) is 5.43 Å². The van der Waals surface area contributed by atoms with Gasteiger partial charge in [-0.05, 0) is 42.8 Å². The monoisotopic (exact) mass is 558 g/mol. The fraction of sp³-hybridized carbons (Fsp3) is 0.154. The molecule has 0 bridgehead atoms. The molecule has 0 saturated heterocycles. The molecule has 206 valence electrons. The maximum atomic E-state index is 12.9. The topological polar surface area (TPSA) is 89.0 Å².